The standard InChI is InChI=1S/C16H29N5O2S/c1-6-7-8-20(16(24)18-11(4)5)12-13(17)21(9-10(2)3)15(23)19-14(12)22/h10-11H,6-9,17H2,1-5H3,(H,18,24)(H,19,22,23). The molecule has 1 rings (SSSR count). The smallest absolute Gasteiger partial charge is 0.330 e. The van der Waals surface area contributed by atoms with Crippen LogP contribution in [0.25, 0.3) is 0 Å². The van der Waals surface area contributed by atoms with Gasteiger partial charge in [0.25, 0.3) is 5.56 Å². The van der Waals surface area contributed by atoms with E-state index in [2.05, 4.69) is 17.2 Å². The number of rotatable bonds is 7. The molecule has 0 saturated heterocycles. The van der Waals surface area contributed by atoms with Crippen molar-refractivity contribution in [1.82, 2.24) is 14.9 Å². The highest BCUT2D eigenvalue weighted by Gasteiger charge is 2.22. The lowest BCUT2D eigenvalue weighted by molar-refractivity contribution is 0.507. The topological polar surface area (TPSA) is 96.2 Å². The second-order valence-corrected chi connectivity index (χ2v) is 6.99. The van der Waals surface area contributed by atoms with Gasteiger partial charge < -0.3 is 16.0 Å². The van der Waals surface area contributed by atoms with Crippen molar-refractivity contribution in [2.45, 2.75) is 60.0 Å². The molecule has 0 saturated carbocycles. The van der Waals surface area contributed by atoms with Crippen molar-refractivity contribution >= 4 is 28.8 Å². The minimum Gasteiger partial charge on any atom is -0.383 e. The maximum absolute atomic E-state index is 12.4. The van der Waals surface area contributed by atoms with Crippen molar-refractivity contribution in [1.29, 1.82) is 0 Å². The fourth-order valence-corrected chi connectivity index (χ4v) is 2.76. The van der Waals surface area contributed by atoms with Gasteiger partial charge in [0.05, 0.1) is 0 Å². The van der Waals surface area contributed by atoms with Crippen molar-refractivity contribution < 1.29 is 0 Å². The van der Waals surface area contributed by atoms with Crippen molar-refractivity contribution in [3.05, 3.63) is 20.8 Å². The summed E-state index contributed by atoms with van der Waals surface area (Å²) in [6.45, 7) is 11.0. The molecule has 0 bridgehead atoms. The van der Waals surface area contributed by atoms with Gasteiger partial charge in [0.15, 0.2) is 10.8 Å². The zero-order chi connectivity index (χ0) is 18.4. The van der Waals surface area contributed by atoms with Gasteiger partial charge in [0.2, 0.25) is 0 Å². The SMILES string of the molecule is CCCCN(C(=S)NC(C)C)c1c(N)n(CC(C)C)c(=O)[nH]c1=O. The molecule has 0 radical (unpaired) electrons. The largest absolute Gasteiger partial charge is 0.383 e. The second-order valence-electron chi connectivity index (χ2n) is 6.61. The first kappa shape index (κ1) is 20.2. The van der Waals surface area contributed by atoms with Gasteiger partial charge in [-0.3, -0.25) is 14.3 Å². The minimum absolute atomic E-state index is 0.128. The minimum atomic E-state index is -0.512. The fourth-order valence-electron chi connectivity index (χ4n) is 2.34. The molecule has 0 atom stereocenters. The van der Waals surface area contributed by atoms with Crippen molar-refractivity contribution in [2.24, 2.45) is 5.92 Å². The van der Waals surface area contributed by atoms with Crippen LogP contribution in [-0.2, 0) is 6.54 Å². The fraction of sp³-hybridized carbons (Fsp3) is 0.688. The molecule has 24 heavy (non-hydrogen) atoms. The van der Waals surface area contributed by atoms with Crippen LogP contribution in [-0.4, -0.2) is 27.3 Å². The Morgan fingerprint density at radius 3 is 2.46 bits per heavy atom. The van der Waals surface area contributed by atoms with E-state index in [1.54, 1.807) is 4.90 Å². The maximum atomic E-state index is 12.4. The first-order valence-corrected chi connectivity index (χ1v) is 8.80. The zero-order valence-corrected chi connectivity index (χ0v) is 16.0. The van der Waals surface area contributed by atoms with Gasteiger partial charge in [-0.15, -0.1) is 0 Å². The van der Waals surface area contributed by atoms with Gasteiger partial charge >= 0.3 is 5.69 Å². The van der Waals surface area contributed by atoms with Crippen LogP contribution in [0.5, 0.6) is 0 Å². The maximum Gasteiger partial charge on any atom is 0.330 e. The number of thiocarbonyl (C=S) groups is 1. The Kier molecular flexibility index (Phi) is 7.47. The molecular weight excluding hydrogens is 326 g/mol. The van der Waals surface area contributed by atoms with E-state index in [4.69, 9.17) is 18.0 Å². The zero-order valence-electron chi connectivity index (χ0n) is 15.2. The van der Waals surface area contributed by atoms with Crippen molar-refractivity contribution in [3.8, 4) is 0 Å². The molecule has 1 heterocycles. The Labute approximate surface area is 148 Å². The first-order chi connectivity index (χ1) is 11.2. The number of hydrogen-bond acceptors (Lipinski definition) is 4. The Balaban J connectivity index is 3.43. The lowest BCUT2D eigenvalue weighted by Gasteiger charge is -2.28. The van der Waals surface area contributed by atoms with E-state index >= 15 is 0 Å². The quantitative estimate of drug-likeness (QED) is 0.644. The number of nitrogens with two attached hydrogens (primary N) is 1. The highest BCUT2D eigenvalue weighted by Crippen LogP contribution is 2.18. The van der Waals surface area contributed by atoms with Crippen LogP contribution in [0.4, 0.5) is 11.5 Å². The molecule has 1 aromatic heterocycles. The number of nitrogen functional groups attached to an aromatic ring is 1. The summed E-state index contributed by atoms with van der Waals surface area (Å²) in [5.74, 6) is 0.370. The average Bonchev–Trinajstić information content (AvgIpc) is 2.45. The van der Waals surface area contributed by atoms with Crippen LogP contribution < -0.4 is 27.2 Å². The lowest BCUT2D eigenvalue weighted by atomic mass is 10.2. The second kappa shape index (κ2) is 8.86. The van der Waals surface area contributed by atoms with Crippen LogP contribution in [0, 0.1) is 5.92 Å². The van der Waals surface area contributed by atoms with Gasteiger partial charge in [-0.25, -0.2) is 4.79 Å². The van der Waals surface area contributed by atoms with Crippen molar-refractivity contribution in [3.63, 3.8) is 0 Å². The van der Waals surface area contributed by atoms with Gasteiger partial charge in [0, 0.05) is 19.1 Å². The molecule has 0 aromatic carbocycles. The Bertz CT molecular complexity index is 678. The summed E-state index contributed by atoms with van der Waals surface area (Å²) in [6, 6.07) is 0.128. The molecule has 0 fully saturated rings. The van der Waals surface area contributed by atoms with Gasteiger partial charge in [0.1, 0.15) is 5.82 Å². The summed E-state index contributed by atoms with van der Waals surface area (Å²) in [5, 5.41) is 3.58. The molecule has 136 valence electrons. The Morgan fingerprint density at radius 2 is 1.96 bits per heavy atom. The van der Waals surface area contributed by atoms with E-state index in [9.17, 15) is 9.59 Å². The molecule has 8 heteroatoms. The third kappa shape index (κ3) is 5.09. The van der Waals surface area contributed by atoms with E-state index in [0.29, 0.717) is 18.2 Å². The molecule has 0 aliphatic carbocycles. The number of hydrogen-bond donors (Lipinski definition) is 3. The van der Waals surface area contributed by atoms with Crippen LogP contribution in [0.3, 0.4) is 0 Å². The number of unbranched alkanes of at least 4 members (excludes halogenated alkanes) is 1. The Morgan fingerprint density at radius 1 is 1.33 bits per heavy atom. The Hall–Kier alpha value is -1.83. The highest BCUT2D eigenvalue weighted by atomic mass is 32.1. The van der Waals surface area contributed by atoms with Crippen LogP contribution in [0.1, 0.15) is 47.5 Å². The monoisotopic (exact) mass is 355 g/mol. The summed E-state index contributed by atoms with van der Waals surface area (Å²) in [5.41, 5.74) is 5.42. The molecular formula is C16H29N5O2S. The number of anilines is 2. The highest BCUT2D eigenvalue weighted by molar-refractivity contribution is 7.80. The van der Waals surface area contributed by atoms with E-state index < -0.39 is 11.2 Å². The predicted molar refractivity (Wildman–Crippen MR) is 104 cm³/mol. The summed E-state index contributed by atoms with van der Waals surface area (Å²) in [6.07, 6.45) is 1.80. The van der Waals surface area contributed by atoms with Gasteiger partial charge in [-0.05, 0) is 38.4 Å². The molecule has 4 N–H and O–H groups in total. The average molecular weight is 356 g/mol. The number of nitrogens with one attached hydrogen (secondary N) is 2. The molecule has 0 spiro atoms. The van der Waals surface area contributed by atoms with Crippen LogP contribution in [0.15, 0.2) is 9.59 Å². The molecule has 0 aliphatic rings. The van der Waals surface area contributed by atoms with Gasteiger partial charge in [-0.2, -0.15) is 0 Å². The van der Waals surface area contributed by atoms with Crippen LogP contribution >= 0.6 is 12.2 Å². The predicted octanol–water partition coefficient (Wildman–Crippen LogP) is 1.66. The van der Waals surface area contributed by atoms with Crippen LogP contribution in [0.2, 0.25) is 0 Å². The summed E-state index contributed by atoms with van der Waals surface area (Å²) >= 11 is 5.45. The lowest BCUT2D eigenvalue weighted by Crippen LogP contribution is -2.47. The molecule has 7 nitrogen and oxygen atoms in total. The molecule has 0 unspecified atom stereocenters. The van der Waals surface area contributed by atoms with Crippen molar-refractivity contribution in [2.75, 3.05) is 17.2 Å². The number of aromatic amines is 1. The molecule has 1 aromatic rings. The summed E-state index contributed by atoms with van der Waals surface area (Å²) in [4.78, 5) is 28.6. The number of aromatic nitrogens is 2. The number of H-pyrrole nitrogens is 1. The normalized spacial score (nSPS) is 11.1. The molecule has 0 aliphatic heterocycles. The van der Waals surface area contributed by atoms with E-state index in [1.807, 2.05) is 27.7 Å². The first-order valence-electron chi connectivity index (χ1n) is 8.39. The molecule has 0 amide bonds. The summed E-state index contributed by atoms with van der Waals surface area (Å²) < 4.78 is 1.40. The third-order valence-corrected chi connectivity index (χ3v) is 3.76. The van der Waals surface area contributed by atoms with Gasteiger partial charge in [-0.1, -0.05) is 27.2 Å². The third-order valence-electron chi connectivity index (χ3n) is 3.42. The number of nitrogens with zero attached hydrogens (tertiary/aromatic N) is 2. The van der Waals surface area contributed by atoms with E-state index in [-0.39, 0.29) is 23.5 Å². The van der Waals surface area contributed by atoms with E-state index in [0.717, 1.165) is 12.8 Å². The summed E-state index contributed by atoms with van der Waals surface area (Å²) in [7, 11) is 0. The van der Waals surface area contributed by atoms with E-state index in [1.165, 1.54) is 4.57 Å².